The van der Waals surface area contributed by atoms with Gasteiger partial charge in [0.15, 0.2) is 5.22 Å². The molecule has 0 radical (unpaired) electrons. The van der Waals surface area contributed by atoms with Crippen molar-refractivity contribution in [2.45, 2.75) is 33.1 Å². The van der Waals surface area contributed by atoms with E-state index in [2.05, 4.69) is 6.07 Å². The van der Waals surface area contributed by atoms with Crippen LogP contribution in [0.25, 0.3) is 0 Å². The fourth-order valence-corrected chi connectivity index (χ4v) is 2.47. The molecule has 0 saturated heterocycles. The van der Waals surface area contributed by atoms with Crippen molar-refractivity contribution in [2.75, 3.05) is 0 Å². The summed E-state index contributed by atoms with van der Waals surface area (Å²) in [4.78, 5) is 0. The molecule has 0 aliphatic carbocycles. The summed E-state index contributed by atoms with van der Waals surface area (Å²) in [6.45, 7) is 8.14. The molecule has 1 aromatic heterocycles. The summed E-state index contributed by atoms with van der Waals surface area (Å²) in [5.41, 5.74) is 0.237. The molecule has 0 bridgehead atoms. The maximum Gasteiger partial charge on any atom is 0.197 e. The number of nitrogens with zero attached hydrogens (tertiary/aromatic N) is 1. The first-order valence-electron chi connectivity index (χ1n) is 5.11. The minimum absolute atomic E-state index is 0.192. The number of hydrogen-bond acceptors (Lipinski definition) is 2. The summed E-state index contributed by atoms with van der Waals surface area (Å²) in [5.74, 6) is 0.384. The Balaban J connectivity index is 3.36. The van der Waals surface area contributed by atoms with Gasteiger partial charge in [0.2, 0.25) is 0 Å². The average Bonchev–Trinajstić information content (AvgIpc) is 2.53. The molecule has 0 spiro atoms. The monoisotopic (exact) mass is 225 g/mol. The Kier molecular flexibility index (Phi) is 3.46. The molecular formula is C12H16ClNO. The second-order valence-corrected chi connectivity index (χ2v) is 4.74. The summed E-state index contributed by atoms with van der Waals surface area (Å²) < 4.78 is 5.09. The van der Waals surface area contributed by atoms with Crippen LogP contribution in [0, 0.1) is 23.2 Å². The van der Waals surface area contributed by atoms with Gasteiger partial charge >= 0.3 is 0 Å². The van der Waals surface area contributed by atoms with Gasteiger partial charge in [0.1, 0.15) is 0 Å². The van der Waals surface area contributed by atoms with E-state index in [-0.39, 0.29) is 11.8 Å². The van der Waals surface area contributed by atoms with Crippen LogP contribution in [-0.4, -0.2) is 0 Å². The molecule has 0 amide bonds. The van der Waals surface area contributed by atoms with E-state index >= 15 is 0 Å². The van der Waals surface area contributed by atoms with Crippen LogP contribution in [0.4, 0.5) is 0 Å². The molecule has 1 rings (SSSR count). The molecular weight excluding hydrogens is 210 g/mol. The van der Waals surface area contributed by atoms with Gasteiger partial charge in [-0.2, -0.15) is 5.26 Å². The molecule has 0 saturated carbocycles. The number of halogens is 1. The molecule has 3 heteroatoms. The zero-order valence-electron chi connectivity index (χ0n) is 9.54. The highest BCUT2D eigenvalue weighted by atomic mass is 35.5. The Labute approximate surface area is 95.8 Å². The second kappa shape index (κ2) is 4.28. The van der Waals surface area contributed by atoms with Crippen LogP contribution >= 0.6 is 11.6 Å². The smallest absolute Gasteiger partial charge is 0.197 e. The van der Waals surface area contributed by atoms with Gasteiger partial charge in [-0.3, -0.25) is 0 Å². The highest BCUT2D eigenvalue weighted by Gasteiger charge is 2.41. The maximum absolute atomic E-state index is 9.46. The Morgan fingerprint density at radius 1 is 1.33 bits per heavy atom. The lowest BCUT2D eigenvalue weighted by Crippen LogP contribution is -2.36. The molecule has 0 fully saturated rings. The largest absolute Gasteiger partial charge is 0.453 e. The summed E-state index contributed by atoms with van der Waals surface area (Å²) in [6, 6.07) is 4.21. The van der Waals surface area contributed by atoms with Crippen molar-refractivity contribution in [3.63, 3.8) is 0 Å². The van der Waals surface area contributed by atoms with Crippen molar-refractivity contribution in [1.29, 1.82) is 5.26 Å². The topological polar surface area (TPSA) is 36.9 Å². The molecule has 82 valence electrons. The SMILES string of the molecule is CC(C)C(C#N)(c1ccoc1Cl)C(C)C. The van der Waals surface area contributed by atoms with Gasteiger partial charge in [-0.05, 0) is 29.5 Å². The first kappa shape index (κ1) is 12.1. The highest BCUT2D eigenvalue weighted by molar-refractivity contribution is 6.29. The van der Waals surface area contributed by atoms with Crippen molar-refractivity contribution >= 4 is 11.6 Å². The van der Waals surface area contributed by atoms with Gasteiger partial charge in [0, 0.05) is 5.56 Å². The van der Waals surface area contributed by atoms with Gasteiger partial charge in [0.25, 0.3) is 0 Å². The molecule has 0 aromatic carbocycles. The highest BCUT2D eigenvalue weighted by Crippen LogP contribution is 2.42. The quantitative estimate of drug-likeness (QED) is 0.780. The second-order valence-electron chi connectivity index (χ2n) is 4.40. The van der Waals surface area contributed by atoms with Gasteiger partial charge in [-0.15, -0.1) is 0 Å². The van der Waals surface area contributed by atoms with Gasteiger partial charge in [0.05, 0.1) is 17.7 Å². The third kappa shape index (κ3) is 1.77. The lowest BCUT2D eigenvalue weighted by molar-refractivity contribution is 0.293. The van der Waals surface area contributed by atoms with Crippen LogP contribution in [0.5, 0.6) is 0 Å². The Morgan fingerprint density at radius 3 is 2.13 bits per heavy atom. The Hall–Kier alpha value is -0.940. The van der Waals surface area contributed by atoms with E-state index in [0.717, 1.165) is 5.56 Å². The van der Waals surface area contributed by atoms with E-state index in [0.29, 0.717) is 5.22 Å². The third-order valence-corrected chi connectivity index (χ3v) is 3.36. The lowest BCUT2D eigenvalue weighted by Gasteiger charge is -2.34. The van der Waals surface area contributed by atoms with E-state index in [4.69, 9.17) is 16.0 Å². The van der Waals surface area contributed by atoms with E-state index in [1.54, 1.807) is 6.07 Å². The first-order valence-corrected chi connectivity index (χ1v) is 5.49. The first-order chi connectivity index (χ1) is 6.96. The molecule has 0 N–H and O–H groups in total. The van der Waals surface area contributed by atoms with Crippen LogP contribution in [0.3, 0.4) is 0 Å². The third-order valence-electron chi connectivity index (χ3n) is 3.07. The van der Waals surface area contributed by atoms with Crippen LogP contribution in [-0.2, 0) is 5.41 Å². The van der Waals surface area contributed by atoms with Crippen LogP contribution in [0.2, 0.25) is 5.22 Å². The average molecular weight is 226 g/mol. The predicted molar refractivity (Wildman–Crippen MR) is 60.7 cm³/mol. The van der Waals surface area contributed by atoms with Crippen molar-refractivity contribution in [3.8, 4) is 6.07 Å². The van der Waals surface area contributed by atoms with Crippen molar-refractivity contribution in [2.24, 2.45) is 11.8 Å². The number of furan rings is 1. The van der Waals surface area contributed by atoms with Crippen molar-refractivity contribution in [3.05, 3.63) is 23.1 Å². The molecule has 0 atom stereocenters. The zero-order chi connectivity index (χ0) is 11.6. The lowest BCUT2D eigenvalue weighted by atomic mass is 9.66. The molecule has 1 aromatic rings. The molecule has 15 heavy (non-hydrogen) atoms. The minimum Gasteiger partial charge on any atom is -0.453 e. The standard InChI is InChI=1S/C12H16ClNO/c1-8(2)12(7-14,9(3)4)10-5-6-15-11(10)13/h5-6,8-9H,1-4H3. The van der Waals surface area contributed by atoms with Crippen LogP contribution in [0.1, 0.15) is 33.3 Å². The zero-order valence-corrected chi connectivity index (χ0v) is 10.3. The maximum atomic E-state index is 9.46. The fraction of sp³-hybridized carbons (Fsp3) is 0.583. The van der Waals surface area contributed by atoms with E-state index in [1.165, 1.54) is 6.26 Å². The van der Waals surface area contributed by atoms with Gasteiger partial charge in [-0.1, -0.05) is 27.7 Å². The van der Waals surface area contributed by atoms with Crippen LogP contribution < -0.4 is 0 Å². The molecule has 1 heterocycles. The summed E-state index contributed by atoms with van der Waals surface area (Å²) >= 11 is 5.97. The summed E-state index contributed by atoms with van der Waals surface area (Å²) in [7, 11) is 0. The van der Waals surface area contributed by atoms with Crippen molar-refractivity contribution < 1.29 is 4.42 Å². The summed E-state index contributed by atoms with van der Waals surface area (Å²) in [5, 5.41) is 9.80. The Bertz CT molecular complexity index is 365. The minimum atomic E-state index is -0.565. The van der Waals surface area contributed by atoms with Gasteiger partial charge < -0.3 is 4.42 Å². The summed E-state index contributed by atoms with van der Waals surface area (Å²) in [6.07, 6.45) is 1.54. The van der Waals surface area contributed by atoms with Crippen molar-refractivity contribution in [1.82, 2.24) is 0 Å². The Morgan fingerprint density at radius 2 is 1.87 bits per heavy atom. The van der Waals surface area contributed by atoms with Gasteiger partial charge in [-0.25, -0.2) is 0 Å². The molecule has 2 nitrogen and oxygen atoms in total. The molecule has 0 aliphatic heterocycles. The predicted octanol–water partition coefficient (Wildman–Crippen LogP) is 4.01. The fourth-order valence-electron chi connectivity index (χ4n) is 2.20. The van der Waals surface area contributed by atoms with E-state index < -0.39 is 5.41 Å². The molecule has 0 aliphatic rings. The number of rotatable bonds is 3. The number of hydrogen-bond donors (Lipinski definition) is 0. The van der Waals surface area contributed by atoms with E-state index in [1.807, 2.05) is 27.7 Å². The normalized spacial score (nSPS) is 12.1. The van der Waals surface area contributed by atoms with Crippen LogP contribution in [0.15, 0.2) is 16.7 Å². The van der Waals surface area contributed by atoms with E-state index in [9.17, 15) is 5.26 Å². The number of nitriles is 1. The molecule has 0 unspecified atom stereocenters.